The predicted octanol–water partition coefficient (Wildman–Crippen LogP) is 3.84. The van der Waals surface area contributed by atoms with Gasteiger partial charge in [-0.2, -0.15) is 0 Å². The molecule has 1 N–H and O–H groups in total. The van der Waals surface area contributed by atoms with E-state index in [1.54, 1.807) is 46.9 Å². The number of aliphatic carboxylic acids is 1. The van der Waals surface area contributed by atoms with Crippen molar-refractivity contribution >= 4 is 32.5 Å². The molecule has 1 aromatic carbocycles. The van der Waals surface area contributed by atoms with Crippen LogP contribution in [0, 0.1) is 11.8 Å². The molecule has 9 nitrogen and oxygen atoms in total. The Kier molecular flexibility index (Phi) is 8.87. The van der Waals surface area contributed by atoms with Crippen LogP contribution in [0.1, 0.15) is 57.6 Å². The maximum atomic E-state index is 13.7. The number of carbonyl (C=O) groups excluding carboxylic acids is 2. The average Bonchev–Trinajstić information content (AvgIpc) is 2.93. The Morgan fingerprint density at radius 3 is 2.55 bits per heavy atom. The standard InChI is InChI=1S/C28H35N3O6S/c1-3-4-16-37-22-7-9-23(10-8-22)38(36,19-32)30-14-11-21(12-15-30)17-24-20(2)27-25(6-5-13-29-27)31(28(24)35)18-26(33)34/h5-10,13,20-21,24H,3-4,11-12,14-18H2,1-2H3,(H,33,34). The minimum Gasteiger partial charge on any atom is -0.494 e. The number of rotatable bonds is 10. The number of ether oxygens (including phenoxy) is 1. The number of pyridine rings is 1. The molecule has 2 aliphatic rings. The van der Waals surface area contributed by atoms with Gasteiger partial charge in [-0.05, 0) is 68.0 Å². The van der Waals surface area contributed by atoms with Crippen LogP contribution in [0.5, 0.6) is 5.75 Å². The highest BCUT2D eigenvalue weighted by molar-refractivity contribution is 7.98. The molecule has 2 aromatic rings. The maximum absolute atomic E-state index is 13.7. The highest BCUT2D eigenvalue weighted by Gasteiger charge is 2.41. The van der Waals surface area contributed by atoms with Crippen LogP contribution in [0.25, 0.3) is 0 Å². The first kappa shape index (κ1) is 27.8. The summed E-state index contributed by atoms with van der Waals surface area (Å²) in [6.45, 7) is 5.14. The Labute approximate surface area is 223 Å². The number of carbonyl (C=O) groups is 2. The fourth-order valence-corrected chi connectivity index (χ4v) is 7.11. The number of amides is 1. The topological polar surface area (TPSA) is 117 Å². The Hall–Kier alpha value is -3.20. The Bertz CT molecular complexity index is 1290. The van der Waals surface area contributed by atoms with Gasteiger partial charge in [0.05, 0.1) is 22.9 Å². The van der Waals surface area contributed by atoms with Crippen LogP contribution in [0.15, 0.2) is 47.5 Å². The second-order valence-corrected chi connectivity index (χ2v) is 12.2. The molecule has 1 saturated heterocycles. The summed E-state index contributed by atoms with van der Waals surface area (Å²) >= 11 is 0. The summed E-state index contributed by atoms with van der Waals surface area (Å²) in [5.74, 6) is -0.968. The largest absolute Gasteiger partial charge is 0.494 e. The van der Waals surface area contributed by atoms with Gasteiger partial charge in [0.1, 0.15) is 22.0 Å². The van der Waals surface area contributed by atoms with E-state index in [9.17, 15) is 23.7 Å². The van der Waals surface area contributed by atoms with Crippen molar-refractivity contribution in [2.75, 3.05) is 31.1 Å². The molecule has 0 bridgehead atoms. The van der Waals surface area contributed by atoms with Gasteiger partial charge in [-0.25, -0.2) is 13.3 Å². The highest BCUT2D eigenvalue weighted by atomic mass is 32.2. The number of aromatic nitrogens is 1. The molecule has 204 valence electrons. The van der Waals surface area contributed by atoms with Crippen LogP contribution in [0.4, 0.5) is 5.69 Å². The number of benzene rings is 1. The molecule has 3 heterocycles. The van der Waals surface area contributed by atoms with Gasteiger partial charge in [0.25, 0.3) is 0 Å². The van der Waals surface area contributed by atoms with Gasteiger partial charge in [-0.15, -0.1) is 0 Å². The molecule has 2 aliphatic heterocycles. The van der Waals surface area contributed by atoms with Crippen molar-refractivity contribution in [1.29, 1.82) is 0 Å². The molecule has 38 heavy (non-hydrogen) atoms. The Balaban J connectivity index is 1.43. The summed E-state index contributed by atoms with van der Waals surface area (Å²) in [4.78, 5) is 43.0. The zero-order valence-corrected chi connectivity index (χ0v) is 22.7. The van der Waals surface area contributed by atoms with Crippen LogP contribution in [-0.4, -0.2) is 62.0 Å². The monoisotopic (exact) mass is 541 g/mol. The molecule has 0 spiro atoms. The second-order valence-electron chi connectivity index (χ2n) is 10.0. The molecule has 3 atom stereocenters. The zero-order chi connectivity index (χ0) is 27.3. The quantitative estimate of drug-likeness (QED) is 0.359. The third-order valence-electron chi connectivity index (χ3n) is 7.57. The third kappa shape index (κ3) is 5.77. The van der Waals surface area contributed by atoms with Crippen LogP contribution < -0.4 is 9.64 Å². The molecule has 3 unspecified atom stereocenters. The van der Waals surface area contributed by atoms with Gasteiger partial charge >= 0.3 is 5.97 Å². The van der Waals surface area contributed by atoms with E-state index in [2.05, 4.69) is 11.9 Å². The van der Waals surface area contributed by atoms with Crippen molar-refractivity contribution < 1.29 is 28.4 Å². The summed E-state index contributed by atoms with van der Waals surface area (Å²) in [7, 11) is -3.17. The summed E-state index contributed by atoms with van der Waals surface area (Å²) in [6.07, 6.45) is 5.55. The maximum Gasteiger partial charge on any atom is 0.323 e. The van der Waals surface area contributed by atoms with Crippen molar-refractivity contribution in [2.45, 2.75) is 56.8 Å². The van der Waals surface area contributed by atoms with Gasteiger partial charge in [0.2, 0.25) is 11.1 Å². The number of carboxylic acid groups (broad SMARTS) is 1. The number of fused-ring (bicyclic) bond motifs is 1. The number of carboxylic acids is 1. The Morgan fingerprint density at radius 1 is 1.21 bits per heavy atom. The van der Waals surface area contributed by atoms with Gasteiger partial charge in [-0.3, -0.25) is 19.5 Å². The number of anilines is 1. The second kappa shape index (κ2) is 12.1. The van der Waals surface area contributed by atoms with Gasteiger partial charge in [0, 0.05) is 31.1 Å². The molecule has 4 rings (SSSR count). The lowest BCUT2D eigenvalue weighted by atomic mass is 9.77. The summed E-state index contributed by atoms with van der Waals surface area (Å²) in [6, 6.07) is 10.3. The van der Waals surface area contributed by atoms with E-state index < -0.39 is 28.1 Å². The summed E-state index contributed by atoms with van der Waals surface area (Å²) < 4.78 is 21.1. The molecule has 10 heteroatoms. The number of nitrogens with zero attached hydrogens (tertiary/aromatic N) is 3. The molecular formula is C28H35N3O6S. The van der Waals surface area contributed by atoms with Gasteiger partial charge in [0.15, 0.2) is 0 Å². The van der Waals surface area contributed by atoms with E-state index >= 15 is 0 Å². The fraction of sp³-hybridized carbons (Fsp3) is 0.500. The van der Waals surface area contributed by atoms with Crippen LogP contribution in [-0.2, 0) is 24.1 Å². The van der Waals surface area contributed by atoms with E-state index in [1.165, 1.54) is 4.90 Å². The molecule has 1 aromatic heterocycles. The first-order valence-corrected chi connectivity index (χ1v) is 14.7. The normalized spacial score (nSPS) is 21.8. The van der Waals surface area contributed by atoms with Crippen LogP contribution in [0.3, 0.4) is 0 Å². The van der Waals surface area contributed by atoms with Crippen LogP contribution >= 0.6 is 0 Å². The lowest BCUT2D eigenvalue weighted by Gasteiger charge is -2.39. The van der Waals surface area contributed by atoms with Crippen molar-refractivity contribution in [3.05, 3.63) is 48.3 Å². The van der Waals surface area contributed by atoms with Crippen molar-refractivity contribution in [2.24, 2.45) is 11.8 Å². The zero-order valence-electron chi connectivity index (χ0n) is 21.9. The number of unbranched alkanes of at least 4 members (excludes halogenated alkanes) is 1. The van der Waals surface area contributed by atoms with Crippen LogP contribution in [0.2, 0.25) is 0 Å². The fourth-order valence-electron chi connectivity index (χ4n) is 5.38. The molecular weight excluding hydrogens is 506 g/mol. The molecule has 0 aliphatic carbocycles. The minimum atomic E-state index is -3.17. The van der Waals surface area contributed by atoms with Gasteiger partial charge < -0.3 is 9.84 Å². The lowest BCUT2D eigenvalue weighted by Crippen LogP contribution is -2.47. The van der Waals surface area contributed by atoms with Gasteiger partial charge in [-0.1, -0.05) is 20.3 Å². The molecule has 0 radical (unpaired) electrons. The summed E-state index contributed by atoms with van der Waals surface area (Å²) in [5, 5.41) is 11.2. The van der Waals surface area contributed by atoms with Crippen molar-refractivity contribution in [3.63, 3.8) is 0 Å². The highest BCUT2D eigenvalue weighted by Crippen LogP contribution is 2.42. The lowest BCUT2D eigenvalue weighted by molar-refractivity contribution is -0.137. The van der Waals surface area contributed by atoms with Crippen molar-refractivity contribution in [1.82, 2.24) is 9.29 Å². The van der Waals surface area contributed by atoms with E-state index in [0.29, 0.717) is 55.3 Å². The number of piperidine rings is 1. The van der Waals surface area contributed by atoms with E-state index in [1.807, 2.05) is 12.2 Å². The smallest absolute Gasteiger partial charge is 0.323 e. The molecule has 1 fully saturated rings. The molecule has 0 saturated carbocycles. The number of hydrogen-bond donors (Lipinski definition) is 1. The minimum absolute atomic E-state index is 0.146. The first-order valence-electron chi connectivity index (χ1n) is 13.2. The number of hydrogen-bond acceptors (Lipinski definition) is 6. The average molecular weight is 542 g/mol. The Morgan fingerprint density at radius 2 is 1.92 bits per heavy atom. The van der Waals surface area contributed by atoms with E-state index in [0.717, 1.165) is 18.5 Å². The summed E-state index contributed by atoms with van der Waals surface area (Å²) in [5.41, 5.74) is 1.29. The third-order valence-corrected chi connectivity index (χ3v) is 9.80. The van der Waals surface area contributed by atoms with Crippen molar-refractivity contribution in [3.8, 4) is 5.75 Å². The van der Waals surface area contributed by atoms with E-state index in [4.69, 9.17) is 4.74 Å². The molecule has 1 amide bonds. The van der Waals surface area contributed by atoms with E-state index in [-0.39, 0.29) is 17.7 Å². The predicted molar refractivity (Wildman–Crippen MR) is 144 cm³/mol. The SMILES string of the molecule is CCCCOc1ccc(S(=O)(=C=O)N2CCC(CC3C(=O)N(CC(=O)O)c4cccnc4C3C)CC2)cc1. The first-order chi connectivity index (χ1) is 18.3.